The Morgan fingerprint density at radius 2 is 2.00 bits per heavy atom. The van der Waals surface area contributed by atoms with Crippen LogP contribution in [0.2, 0.25) is 0 Å². The second-order valence-corrected chi connectivity index (χ2v) is 5.54. The van der Waals surface area contributed by atoms with Crippen LogP contribution >= 0.6 is 15.9 Å². The topological polar surface area (TPSA) is 43.4 Å². The highest BCUT2D eigenvalue weighted by atomic mass is 79.9. The Labute approximate surface area is 115 Å². The first-order valence-electron chi connectivity index (χ1n) is 5.95. The fourth-order valence-corrected chi connectivity index (χ4v) is 2.95. The molecule has 0 unspecified atom stereocenters. The van der Waals surface area contributed by atoms with E-state index in [0.717, 1.165) is 10.0 Å². The first-order chi connectivity index (χ1) is 8.58. The smallest absolute Gasteiger partial charge is 0.316 e. The van der Waals surface area contributed by atoms with Crippen molar-refractivity contribution < 1.29 is 14.3 Å². The van der Waals surface area contributed by atoms with E-state index >= 15 is 0 Å². The fraction of sp³-hybridized carbons (Fsp3) is 0.429. The number of halogens is 1. The van der Waals surface area contributed by atoms with Crippen molar-refractivity contribution in [2.75, 3.05) is 7.11 Å². The first-order valence-corrected chi connectivity index (χ1v) is 6.74. The molecule has 0 radical (unpaired) electrons. The molecule has 0 aromatic heterocycles. The number of methoxy groups -OCH3 is 1. The summed E-state index contributed by atoms with van der Waals surface area (Å²) in [4.78, 5) is 23.6. The molecule has 0 amide bonds. The second kappa shape index (κ2) is 5.22. The third kappa shape index (κ3) is 2.34. The first kappa shape index (κ1) is 13.3. The summed E-state index contributed by atoms with van der Waals surface area (Å²) in [5, 5.41) is 0. The van der Waals surface area contributed by atoms with Gasteiger partial charge in [0.15, 0.2) is 0 Å². The molecule has 1 aliphatic rings. The van der Waals surface area contributed by atoms with Crippen molar-refractivity contribution in [3.63, 3.8) is 0 Å². The molecule has 4 heteroatoms. The van der Waals surface area contributed by atoms with E-state index in [0.29, 0.717) is 25.7 Å². The molecule has 0 aliphatic heterocycles. The predicted octanol–water partition coefficient (Wildman–Crippen LogP) is 3.00. The maximum absolute atomic E-state index is 12.2. The number of carbonyl (C=O) groups is 2. The molecule has 1 aromatic carbocycles. The van der Waals surface area contributed by atoms with Crippen molar-refractivity contribution in [1.82, 2.24) is 0 Å². The van der Waals surface area contributed by atoms with Gasteiger partial charge in [0.1, 0.15) is 5.78 Å². The van der Waals surface area contributed by atoms with Crippen LogP contribution in [0, 0.1) is 0 Å². The lowest BCUT2D eigenvalue weighted by atomic mass is 9.69. The average Bonchev–Trinajstić information content (AvgIpc) is 2.39. The minimum Gasteiger partial charge on any atom is -0.468 e. The van der Waals surface area contributed by atoms with Gasteiger partial charge in [-0.25, -0.2) is 0 Å². The van der Waals surface area contributed by atoms with Gasteiger partial charge in [-0.15, -0.1) is 0 Å². The lowest BCUT2D eigenvalue weighted by molar-refractivity contribution is -0.149. The van der Waals surface area contributed by atoms with Crippen molar-refractivity contribution >= 4 is 27.7 Å². The van der Waals surface area contributed by atoms with Crippen LogP contribution in [-0.2, 0) is 19.7 Å². The van der Waals surface area contributed by atoms with Crippen LogP contribution in [-0.4, -0.2) is 18.9 Å². The molecule has 0 heterocycles. The van der Waals surface area contributed by atoms with Crippen LogP contribution in [0.25, 0.3) is 0 Å². The molecule has 18 heavy (non-hydrogen) atoms. The van der Waals surface area contributed by atoms with Crippen LogP contribution in [0.15, 0.2) is 28.7 Å². The van der Waals surface area contributed by atoms with Crippen molar-refractivity contribution in [1.29, 1.82) is 0 Å². The zero-order valence-corrected chi connectivity index (χ0v) is 11.8. The number of benzene rings is 1. The zero-order chi connectivity index (χ0) is 13.2. The summed E-state index contributed by atoms with van der Waals surface area (Å²) in [6, 6.07) is 7.69. The van der Waals surface area contributed by atoms with Gasteiger partial charge in [-0.05, 0) is 30.5 Å². The Kier molecular flexibility index (Phi) is 3.85. The third-order valence-corrected chi connectivity index (χ3v) is 4.11. The van der Waals surface area contributed by atoms with E-state index in [2.05, 4.69) is 15.9 Å². The van der Waals surface area contributed by atoms with Gasteiger partial charge < -0.3 is 4.74 Å². The zero-order valence-electron chi connectivity index (χ0n) is 10.2. The van der Waals surface area contributed by atoms with E-state index in [1.54, 1.807) is 0 Å². The Balaban J connectivity index is 2.42. The largest absolute Gasteiger partial charge is 0.468 e. The normalized spacial score (nSPS) is 18.4. The maximum Gasteiger partial charge on any atom is 0.316 e. The Morgan fingerprint density at radius 1 is 1.33 bits per heavy atom. The molecule has 0 atom stereocenters. The maximum atomic E-state index is 12.2. The molecule has 0 saturated heterocycles. The number of hydrogen-bond acceptors (Lipinski definition) is 3. The van der Waals surface area contributed by atoms with Gasteiger partial charge in [-0.3, -0.25) is 9.59 Å². The molecule has 0 spiro atoms. The Morgan fingerprint density at radius 3 is 2.56 bits per heavy atom. The molecule has 0 N–H and O–H groups in total. The summed E-state index contributed by atoms with van der Waals surface area (Å²) >= 11 is 3.42. The van der Waals surface area contributed by atoms with Crippen molar-refractivity contribution in [2.24, 2.45) is 0 Å². The number of Topliss-reactive ketones (excluding diaryl/α,β-unsaturated/α-hetero) is 1. The second-order valence-electron chi connectivity index (χ2n) is 4.62. The van der Waals surface area contributed by atoms with Gasteiger partial charge in [-0.2, -0.15) is 0 Å². The van der Waals surface area contributed by atoms with Gasteiger partial charge in [-0.1, -0.05) is 28.1 Å². The van der Waals surface area contributed by atoms with Gasteiger partial charge in [0.2, 0.25) is 0 Å². The van der Waals surface area contributed by atoms with E-state index in [9.17, 15) is 9.59 Å². The summed E-state index contributed by atoms with van der Waals surface area (Å²) in [5.74, 6) is -0.0161. The van der Waals surface area contributed by atoms with Crippen LogP contribution in [0.3, 0.4) is 0 Å². The number of hydrogen-bond donors (Lipinski definition) is 0. The van der Waals surface area contributed by atoms with Crippen molar-refractivity contribution in [3.05, 3.63) is 34.3 Å². The highest BCUT2D eigenvalue weighted by molar-refractivity contribution is 9.10. The molecule has 1 aliphatic carbocycles. The third-order valence-electron chi connectivity index (χ3n) is 3.61. The van der Waals surface area contributed by atoms with Gasteiger partial charge >= 0.3 is 5.97 Å². The quantitative estimate of drug-likeness (QED) is 0.789. The summed E-state index contributed by atoms with van der Waals surface area (Å²) in [6.07, 6.45) is 1.97. The summed E-state index contributed by atoms with van der Waals surface area (Å²) in [7, 11) is 1.40. The molecule has 1 saturated carbocycles. The highest BCUT2D eigenvalue weighted by Crippen LogP contribution is 2.40. The molecule has 0 bridgehead atoms. The number of rotatable bonds is 2. The molecular weight excluding hydrogens is 296 g/mol. The molecule has 3 nitrogen and oxygen atoms in total. The predicted molar refractivity (Wildman–Crippen MR) is 71.3 cm³/mol. The number of esters is 1. The number of ketones is 1. The Bertz CT molecular complexity index is 472. The SMILES string of the molecule is COC(=O)C1(c2cccc(Br)c2)CCC(=O)CC1. The number of carbonyl (C=O) groups excluding carboxylic acids is 2. The molecule has 1 fully saturated rings. The van der Waals surface area contributed by atoms with Crippen molar-refractivity contribution in [3.8, 4) is 0 Å². The fourth-order valence-electron chi connectivity index (χ4n) is 2.55. The lowest BCUT2D eigenvalue weighted by Gasteiger charge is -2.34. The standard InChI is InChI=1S/C14H15BrO3/c1-18-13(17)14(7-5-12(16)6-8-14)10-3-2-4-11(15)9-10/h2-4,9H,5-8H2,1H3. The van der Waals surface area contributed by atoms with E-state index in [1.807, 2.05) is 24.3 Å². The van der Waals surface area contributed by atoms with Crippen LogP contribution < -0.4 is 0 Å². The van der Waals surface area contributed by atoms with E-state index in [1.165, 1.54) is 7.11 Å². The van der Waals surface area contributed by atoms with E-state index in [4.69, 9.17) is 4.74 Å². The summed E-state index contributed by atoms with van der Waals surface area (Å²) in [6.45, 7) is 0. The average molecular weight is 311 g/mol. The van der Waals surface area contributed by atoms with Gasteiger partial charge in [0.05, 0.1) is 12.5 Å². The highest BCUT2D eigenvalue weighted by Gasteiger charge is 2.44. The summed E-state index contributed by atoms with van der Waals surface area (Å²) < 4.78 is 5.89. The monoisotopic (exact) mass is 310 g/mol. The van der Waals surface area contributed by atoms with Crippen molar-refractivity contribution in [2.45, 2.75) is 31.1 Å². The minimum absolute atomic E-state index is 0.226. The molecule has 1 aromatic rings. The van der Waals surface area contributed by atoms with Crippen LogP contribution in [0.5, 0.6) is 0 Å². The summed E-state index contributed by atoms with van der Waals surface area (Å²) in [5.41, 5.74) is 0.267. The lowest BCUT2D eigenvalue weighted by Crippen LogP contribution is -2.40. The number of ether oxygens (including phenoxy) is 1. The van der Waals surface area contributed by atoms with Gasteiger partial charge in [0.25, 0.3) is 0 Å². The molecular formula is C14H15BrO3. The Hall–Kier alpha value is -1.16. The molecule has 96 valence electrons. The van der Waals surface area contributed by atoms with Gasteiger partial charge in [0, 0.05) is 17.3 Å². The van der Waals surface area contributed by atoms with E-state index in [-0.39, 0.29) is 11.8 Å². The van der Waals surface area contributed by atoms with E-state index < -0.39 is 5.41 Å². The minimum atomic E-state index is -0.660. The molecule has 2 rings (SSSR count). The van der Waals surface area contributed by atoms with Crippen LogP contribution in [0.1, 0.15) is 31.2 Å². The van der Waals surface area contributed by atoms with Crippen LogP contribution in [0.4, 0.5) is 0 Å².